The molecule has 0 aliphatic heterocycles. The van der Waals surface area contributed by atoms with Crippen LogP contribution in [0.1, 0.15) is 5.56 Å². The summed E-state index contributed by atoms with van der Waals surface area (Å²) in [5.41, 5.74) is 0.977. The van der Waals surface area contributed by atoms with Gasteiger partial charge in [-0.05, 0) is 35.2 Å². The minimum atomic E-state index is -0.424. The second-order valence-electron chi connectivity index (χ2n) is 2.44. The molecule has 1 aromatic carbocycles. The number of hydrogen-bond acceptors (Lipinski definition) is 2. The molecule has 0 saturated heterocycles. The van der Waals surface area contributed by atoms with Crippen molar-refractivity contribution in [1.82, 2.24) is 0 Å². The minimum Gasteiger partial charge on any atom is -0.258 e. The Labute approximate surface area is 84.4 Å². The van der Waals surface area contributed by atoms with Crippen molar-refractivity contribution in [3.05, 3.63) is 51.3 Å². The first-order valence-electron chi connectivity index (χ1n) is 3.53. The molecule has 0 aromatic heterocycles. The molecular formula is C9H7BrNO2. The maximum Gasteiger partial charge on any atom is 0.269 e. The van der Waals surface area contributed by atoms with E-state index >= 15 is 0 Å². The summed E-state index contributed by atoms with van der Waals surface area (Å²) in [6.45, 7) is 3.64. The summed E-state index contributed by atoms with van der Waals surface area (Å²) < 4.78 is 0.737. The summed E-state index contributed by atoms with van der Waals surface area (Å²) in [6.07, 6.45) is 1.78. The van der Waals surface area contributed by atoms with Crippen LogP contribution in [0, 0.1) is 17.0 Å². The van der Waals surface area contributed by atoms with Crippen molar-refractivity contribution in [2.45, 2.75) is 0 Å². The van der Waals surface area contributed by atoms with Gasteiger partial charge in [0, 0.05) is 12.1 Å². The Balaban J connectivity index is 2.94. The normalized spacial score (nSPS) is 11.4. The number of benzene rings is 1. The van der Waals surface area contributed by atoms with E-state index in [2.05, 4.69) is 22.9 Å². The second kappa shape index (κ2) is 4.18. The van der Waals surface area contributed by atoms with Crippen molar-refractivity contribution in [2.24, 2.45) is 0 Å². The lowest BCUT2D eigenvalue weighted by molar-refractivity contribution is -0.384. The highest BCUT2D eigenvalue weighted by molar-refractivity contribution is 9.11. The largest absolute Gasteiger partial charge is 0.269 e. The van der Waals surface area contributed by atoms with Gasteiger partial charge in [-0.2, -0.15) is 0 Å². The summed E-state index contributed by atoms with van der Waals surface area (Å²) >= 11 is 3.17. The topological polar surface area (TPSA) is 43.1 Å². The highest BCUT2D eigenvalue weighted by Crippen LogP contribution is 2.15. The Morgan fingerprint density at radius 1 is 1.46 bits per heavy atom. The number of allylic oxidation sites excluding steroid dienone is 1. The maximum absolute atomic E-state index is 10.3. The van der Waals surface area contributed by atoms with Gasteiger partial charge in [0.05, 0.1) is 4.92 Å². The lowest BCUT2D eigenvalue weighted by atomic mass is 10.2. The van der Waals surface area contributed by atoms with Gasteiger partial charge in [-0.1, -0.05) is 15.9 Å². The van der Waals surface area contributed by atoms with E-state index in [4.69, 9.17) is 0 Å². The number of hydrogen-bond donors (Lipinski definition) is 0. The van der Waals surface area contributed by atoms with E-state index in [1.54, 1.807) is 18.2 Å². The molecule has 67 valence electrons. The third kappa shape index (κ3) is 2.99. The molecule has 0 saturated carbocycles. The zero-order valence-corrected chi connectivity index (χ0v) is 8.32. The molecule has 3 nitrogen and oxygen atoms in total. The van der Waals surface area contributed by atoms with Gasteiger partial charge in [0.15, 0.2) is 0 Å². The fourth-order valence-corrected chi connectivity index (χ4v) is 1.14. The molecular weight excluding hydrogens is 234 g/mol. The van der Waals surface area contributed by atoms with Crippen LogP contribution in [-0.4, -0.2) is 4.92 Å². The van der Waals surface area contributed by atoms with Crippen LogP contribution in [0.25, 0.3) is 6.08 Å². The Morgan fingerprint density at radius 2 is 2.00 bits per heavy atom. The molecule has 0 aliphatic carbocycles. The Hall–Kier alpha value is -1.16. The molecule has 0 fully saturated rings. The van der Waals surface area contributed by atoms with Gasteiger partial charge in [0.2, 0.25) is 0 Å². The van der Waals surface area contributed by atoms with Crippen molar-refractivity contribution < 1.29 is 4.92 Å². The maximum atomic E-state index is 10.3. The second-order valence-corrected chi connectivity index (χ2v) is 3.46. The minimum absolute atomic E-state index is 0.0948. The molecule has 0 spiro atoms. The van der Waals surface area contributed by atoms with Crippen LogP contribution in [0.4, 0.5) is 5.69 Å². The van der Waals surface area contributed by atoms with E-state index in [0.29, 0.717) is 0 Å². The first-order chi connectivity index (χ1) is 6.09. The van der Waals surface area contributed by atoms with Gasteiger partial charge in [0.1, 0.15) is 0 Å². The summed E-state index contributed by atoms with van der Waals surface area (Å²) in [6, 6.07) is 6.26. The van der Waals surface area contributed by atoms with E-state index in [0.717, 1.165) is 10.0 Å². The molecule has 1 aromatic rings. The molecule has 4 heteroatoms. The van der Waals surface area contributed by atoms with Crippen LogP contribution in [0.3, 0.4) is 0 Å². The van der Waals surface area contributed by atoms with Crippen LogP contribution < -0.4 is 0 Å². The van der Waals surface area contributed by atoms with Gasteiger partial charge >= 0.3 is 0 Å². The van der Waals surface area contributed by atoms with Gasteiger partial charge in [-0.15, -0.1) is 0 Å². The van der Waals surface area contributed by atoms with Crippen LogP contribution >= 0.6 is 15.9 Å². The number of nitro groups is 1. The number of nitro benzene ring substituents is 1. The van der Waals surface area contributed by atoms with Gasteiger partial charge in [-0.25, -0.2) is 0 Å². The van der Waals surface area contributed by atoms with Crippen LogP contribution in [-0.2, 0) is 0 Å². The summed E-state index contributed by atoms with van der Waals surface area (Å²) in [5.74, 6) is 0. The summed E-state index contributed by atoms with van der Waals surface area (Å²) in [7, 11) is 0. The van der Waals surface area contributed by atoms with Gasteiger partial charge in [-0.3, -0.25) is 10.1 Å². The van der Waals surface area contributed by atoms with Crippen molar-refractivity contribution in [3.63, 3.8) is 0 Å². The van der Waals surface area contributed by atoms with Crippen molar-refractivity contribution in [1.29, 1.82) is 0 Å². The third-order valence-electron chi connectivity index (χ3n) is 1.43. The van der Waals surface area contributed by atoms with E-state index in [9.17, 15) is 10.1 Å². The molecule has 0 bridgehead atoms. The summed E-state index contributed by atoms with van der Waals surface area (Å²) in [5, 5.41) is 10.3. The fraction of sp³-hybridized carbons (Fsp3) is 0. The molecule has 0 aliphatic rings. The highest BCUT2D eigenvalue weighted by atomic mass is 79.9. The third-order valence-corrected chi connectivity index (χ3v) is 1.66. The number of non-ortho nitro benzene ring substituents is 1. The van der Waals surface area contributed by atoms with Gasteiger partial charge < -0.3 is 0 Å². The molecule has 0 heterocycles. The van der Waals surface area contributed by atoms with Crippen molar-refractivity contribution in [3.8, 4) is 0 Å². The first-order valence-corrected chi connectivity index (χ1v) is 4.32. The molecule has 0 unspecified atom stereocenters. The quantitative estimate of drug-likeness (QED) is 0.589. The van der Waals surface area contributed by atoms with Gasteiger partial charge in [0.25, 0.3) is 5.69 Å². The highest BCUT2D eigenvalue weighted by Gasteiger charge is 2.02. The Morgan fingerprint density at radius 3 is 2.38 bits per heavy atom. The zero-order chi connectivity index (χ0) is 9.84. The van der Waals surface area contributed by atoms with E-state index in [1.165, 1.54) is 12.1 Å². The monoisotopic (exact) mass is 240 g/mol. The molecule has 13 heavy (non-hydrogen) atoms. The average Bonchev–Trinajstić information content (AvgIpc) is 2.04. The predicted octanol–water partition coefficient (Wildman–Crippen LogP) is 3.16. The van der Waals surface area contributed by atoms with E-state index in [1.807, 2.05) is 0 Å². The predicted molar refractivity (Wildman–Crippen MR) is 55.4 cm³/mol. The lowest BCUT2D eigenvalue weighted by Gasteiger charge is -1.93. The van der Waals surface area contributed by atoms with Crippen LogP contribution in [0.15, 0.2) is 28.7 Å². The smallest absolute Gasteiger partial charge is 0.258 e. The van der Waals surface area contributed by atoms with Crippen LogP contribution in [0.5, 0.6) is 0 Å². The number of rotatable bonds is 2. The lowest BCUT2D eigenvalue weighted by Crippen LogP contribution is -1.86. The first kappa shape index (κ1) is 9.92. The molecule has 1 rings (SSSR count). The standard InChI is InChI=1S/C9H7BrNO2/c1-7(10)6-8-2-4-9(5-3-8)11(12)13/h2-6H,1H2/b7-6-. The Kier molecular flexibility index (Phi) is 3.19. The Bertz CT molecular complexity index is 339. The fourth-order valence-electron chi connectivity index (χ4n) is 0.873. The number of nitrogens with zero attached hydrogens (tertiary/aromatic N) is 1. The number of halogens is 1. The average molecular weight is 241 g/mol. The molecule has 0 atom stereocenters. The van der Waals surface area contributed by atoms with Crippen molar-refractivity contribution in [2.75, 3.05) is 0 Å². The molecule has 1 radical (unpaired) electrons. The summed E-state index contributed by atoms with van der Waals surface area (Å²) in [4.78, 5) is 9.88. The molecule has 0 amide bonds. The van der Waals surface area contributed by atoms with E-state index < -0.39 is 4.92 Å². The zero-order valence-electron chi connectivity index (χ0n) is 6.74. The van der Waals surface area contributed by atoms with Crippen molar-refractivity contribution >= 4 is 27.7 Å². The SMILES string of the molecule is [CH2]/C(Br)=C/c1ccc([N+](=O)[O-])cc1. The van der Waals surface area contributed by atoms with E-state index in [-0.39, 0.29) is 5.69 Å². The van der Waals surface area contributed by atoms with Crippen LogP contribution in [0.2, 0.25) is 0 Å². The molecule has 0 N–H and O–H groups in total.